The lowest BCUT2D eigenvalue weighted by Gasteiger charge is -2.17. The van der Waals surface area contributed by atoms with Crippen molar-refractivity contribution in [3.8, 4) is 23.6 Å². The molecule has 1 atom stereocenters. The summed E-state index contributed by atoms with van der Waals surface area (Å²) < 4.78 is 46.1. The minimum absolute atomic E-state index is 0.00185. The number of hydrogen-bond acceptors (Lipinski definition) is 7. The molecule has 1 amide bonds. The lowest BCUT2D eigenvalue weighted by atomic mass is 10.1. The third-order valence-electron chi connectivity index (χ3n) is 3.89. The van der Waals surface area contributed by atoms with E-state index in [2.05, 4.69) is 15.0 Å². The van der Waals surface area contributed by atoms with Crippen LogP contribution in [0.25, 0.3) is 0 Å². The maximum absolute atomic E-state index is 13.4. The Morgan fingerprint density at radius 1 is 1.19 bits per heavy atom. The molecular formula is C18H8ClF3N6O3. The van der Waals surface area contributed by atoms with Crippen molar-refractivity contribution in [1.29, 1.82) is 10.5 Å². The first-order valence-electron chi connectivity index (χ1n) is 8.24. The first-order chi connectivity index (χ1) is 14.6. The molecule has 1 unspecified atom stereocenters. The van der Waals surface area contributed by atoms with Crippen molar-refractivity contribution in [2.45, 2.75) is 12.7 Å². The fourth-order valence-corrected chi connectivity index (χ4v) is 2.75. The van der Waals surface area contributed by atoms with E-state index in [0.717, 1.165) is 22.9 Å². The molecule has 0 radical (unpaired) electrons. The Morgan fingerprint density at radius 3 is 2.55 bits per heavy atom. The molecule has 2 aromatic rings. The lowest BCUT2D eigenvalue weighted by molar-refractivity contribution is -0.142. The molecule has 31 heavy (non-hydrogen) atoms. The van der Waals surface area contributed by atoms with Crippen LogP contribution in [0.2, 0.25) is 5.02 Å². The fourth-order valence-electron chi connectivity index (χ4n) is 2.53. The molecule has 1 aromatic carbocycles. The normalized spacial score (nSPS) is 15.7. The number of nitrogens with zero attached hydrogens (tertiary/aromatic N) is 6. The van der Waals surface area contributed by atoms with Crippen LogP contribution in [-0.2, 0) is 17.5 Å². The average molecular weight is 449 g/mol. The lowest BCUT2D eigenvalue weighted by Crippen LogP contribution is -2.32. The van der Waals surface area contributed by atoms with Gasteiger partial charge in [-0.25, -0.2) is 9.98 Å². The summed E-state index contributed by atoms with van der Waals surface area (Å²) >= 11 is 5.82. The summed E-state index contributed by atoms with van der Waals surface area (Å²) in [5.74, 6) is -3.73. The summed E-state index contributed by atoms with van der Waals surface area (Å²) in [5, 5.41) is 17.7. The molecule has 0 N–H and O–H groups in total. The van der Waals surface area contributed by atoms with Crippen molar-refractivity contribution in [2.75, 3.05) is 0 Å². The Hall–Kier alpha value is -4.03. The van der Waals surface area contributed by atoms with Crippen molar-refractivity contribution >= 4 is 29.6 Å². The Morgan fingerprint density at radius 2 is 1.94 bits per heavy atom. The molecule has 0 spiro atoms. The smallest absolute Gasteiger partial charge is 0.437 e. The van der Waals surface area contributed by atoms with Crippen LogP contribution >= 0.6 is 11.6 Å². The van der Waals surface area contributed by atoms with Gasteiger partial charge >= 0.3 is 6.18 Å². The van der Waals surface area contributed by atoms with Gasteiger partial charge in [0.25, 0.3) is 11.5 Å². The Bertz CT molecular complexity index is 1270. The number of benzene rings is 1. The number of aliphatic imine (C=N–C) groups is 2. The van der Waals surface area contributed by atoms with Gasteiger partial charge in [0.05, 0.1) is 23.9 Å². The minimum Gasteiger partial charge on any atom is -0.449 e. The van der Waals surface area contributed by atoms with Gasteiger partial charge in [-0.1, -0.05) is 11.6 Å². The number of hydrogen-bond donors (Lipinski definition) is 0. The van der Waals surface area contributed by atoms with Gasteiger partial charge in [-0.3, -0.25) is 14.2 Å². The van der Waals surface area contributed by atoms with Gasteiger partial charge < -0.3 is 4.74 Å². The molecule has 0 fully saturated rings. The second-order valence-electron chi connectivity index (χ2n) is 6.04. The van der Waals surface area contributed by atoms with E-state index in [1.54, 1.807) is 12.1 Å². The predicted molar refractivity (Wildman–Crippen MR) is 99.8 cm³/mol. The molecule has 1 aliphatic heterocycles. The molecule has 1 aromatic heterocycles. The highest BCUT2D eigenvalue weighted by atomic mass is 35.5. The second-order valence-corrected chi connectivity index (χ2v) is 6.47. The van der Waals surface area contributed by atoms with Gasteiger partial charge in [0, 0.05) is 17.8 Å². The maximum Gasteiger partial charge on any atom is 0.437 e. The highest BCUT2D eigenvalue weighted by Crippen LogP contribution is 2.35. The van der Waals surface area contributed by atoms with Crippen molar-refractivity contribution in [1.82, 2.24) is 9.55 Å². The second kappa shape index (κ2) is 8.38. The molecular weight excluding hydrogens is 441 g/mol. The largest absolute Gasteiger partial charge is 0.449 e. The van der Waals surface area contributed by atoms with E-state index >= 15 is 0 Å². The SMILES string of the molecule is N#CC1=NC(=O)C(Cn2cnc(C(F)(F)F)c(Oc3cc(Cl)cc(C#N)c3)c2=O)C=N1. The third-order valence-corrected chi connectivity index (χ3v) is 4.11. The summed E-state index contributed by atoms with van der Waals surface area (Å²) in [7, 11) is 0. The summed E-state index contributed by atoms with van der Waals surface area (Å²) in [5.41, 5.74) is -2.84. The molecule has 0 aliphatic carbocycles. The van der Waals surface area contributed by atoms with E-state index in [1.165, 1.54) is 6.07 Å². The van der Waals surface area contributed by atoms with E-state index in [-0.39, 0.29) is 22.2 Å². The van der Waals surface area contributed by atoms with Gasteiger partial charge in [0.15, 0.2) is 5.69 Å². The van der Waals surface area contributed by atoms with Crippen LogP contribution in [0.1, 0.15) is 11.3 Å². The number of carbonyl (C=O) groups is 1. The van der Waals surface area contributed by atoms with Crippen LogP contribution in [-0.4, -0.2) is 27.5 Å². The van der Waals surface area contributed by atoms with E-state index < -0.39 is 41.5 Å². The quantitative estimate of drug-likeness (QED) is 0.706. The summed E-state index contributed by atoms with van der Waals surface area (Å²) in [6.45, 7) is -0.441. The number of nitriles is 2. The van der Waals surface area contributed by atoms with E-state index in [1.807, 2.05) is 0 Å². The standard InChI is InChI=1S/C18H8ClF3N6O3/c19-11-1-9(4-23)2-12(3-11)31-14-15(18(20,21)22)26-8-28(17(14)30)7-10-6-25-13(5-24)27-16(10)29/h1-3,6,8,10H,7H2. The Labute approximate surface area is 176 Å². The number of alkyl halides is 3. The molecule has 0 saturated carbocycles. The first-order valence-corrected chi connectivity index (χ1v) is 8.62. The minimum atomic E-state index is -5.03. The predicted octanol–water partition coefficient (Wildman–Crippen LogP) is 2.73. The van der Waals surface area contributed by atoms with Crippen LogP contribution < -0.4 is 10.3 Å². The molecule has 13 heteroatoms. The van der Waals surface area contributed by atoms with E-state index in [0.29, 0.717) is 6.33 Å². The number of ether oxygens (including phenoxy) is 1. The first kappa shape index (κ1) is 21.7. The zero-order chi connectivity index (χ0) is 22.8. The van der Waals surface area contributed by atoms with Crippen molar-refractivity contribution < 1.29 is 22.7 Å². The fraction of sp³-hybridized carbons (Fsp3) is 0.167. The molecule has 3 rings (SSSR count). The van der Waals surface area contributed by atoms with Gasteiger partial charge in [-0.15, -0.1) is 0 Å². The molecule has 0 saturated heterocycles. The van der Waals surface area contributed by atoms with Crippen molar-refractivity contribution in [3.05, 3.63) is 51.2 Å². The van der Waals surface area contributed by atoms with E-state index in [9.17, 15) is 22.8 Å². The van der Waals surface area contributed by atoms with Gasteiger partial charge in [0.2, 0.25) is 11.6 Å². The zero-order valence-electron chi connectivity index (χ0n) is 15.1. The molecule has 156 valence electrons. The summed E-state index contributed by atoms with van der Waals surface area (Å²) in [4.78, 5) is 35.0. The number of rotatable bonds is 4. The average Bonchev–Trinajstić information content (AvgIpc) is 2.70. The molecule has 2 heterocycles. The number of amidine groups is 1. The molecule has 1 aliphatic rings. The van der Waals surface area contributed by atoms with Crippen LogP contribution in [0.15, 0.2) is 39.3 Å². The number of carbonyl (C=O) groups excluding carboxylic acids is 1. The highest BCUT2D eigenvalue weighted by Gasteiger charge is 2.39. The van der Waals surface area contributed by atoms with Gasteiger partial charge in [-0.05, 0) is 18.2 Å². The highest BCUT2D eigenvalue weighted by molar-refractivity contribution is 6.30. The third kappa shape index (κ3) is 4.76. The number of aromatic nitrogens is 2. The van der Waals surface area contributed by atoms with Crippen LogP contribution in [0, 0.1) is 28.6 Å². The van der Waals surface area contributed by atoms with Gasteiger partial charge in [0.1, 0.15) is 11.8 Å². The van der Waals surface area contributed by atoms with Crippen LogP contribution in [0.3, 0.4) is 0 Å². The Kier molecular flexibility index (Phi) is 5.86. The van der Waals surface area contributed by atoms with Crippen molar-refractivity contribution in [2.24, 2.45) is 15.9 Å². The van der Waals surface area contributed by atoms with Gasteiger partial charge in [-0.2, -0.15) is 28.7 Å². The van der Waals surface area contributed by atoms with Crippen LogP contribution in [0.5, 0.6) is 11.5 Å². The zero-order valence-corrected chi connectivity index (χ0v) is 15.8. The molecule has 9 nitrogen and oxygen atoms in total. The monoisotopic (exact) mass is 448 g/mol. The van der Waals surface area contributed by atoms with E-state index in [4.69, 9.17) is 26.9 Å². The Balaban J connectivity index is 2.03. The number of amides is 1. The maximum atomic E-state index is 13.4. The molecule has 0 bridgehead atoms. The van der Waals surface area contributed by atoms with Crippen LogP contribution in [0.4, 0.5) is 13.2 Å². The number of halogens is 4. The summed E-state index contributed by atoms with van der Waals surface area (Å²) in [6.07, 6.45) is -3.35. The van der Waals surface area contributed by atoms with Crippen molar-refractivity contribution in [3.63, 3.8) is 0 Å². The summed E-state index contributed by atoms with van der Waals surface area (Å²) in [6, 6.07) is 6.81. The topological polar surface area (TPSA) is 133 Å².